The number of hydrogen-bond donors (Lipinski definition) is 1. The fourth-order valence-corrected chi connectivity index (χ4v) is 2.31. The van der Waals surface area contributed by atoms with Crippen molar-refractivity contribution in [2.24, 2.45) is 16.0 Å². The van der Waals surface area contributed by atoms with Gasteiger partial charge in [0.25, 0.3) is 0 Å². The number of nitrogens with two attached hydrogens (primary N) is 1. The number of aromatic nitrogens is 2. The Balaban J connectivity index is 2.03. The molecule has 122 valence electrons. The lowest BCUT2D eigenvalue weighted by Gasteiger charge is -2.02. The molecule has 0 saturated heterocycles. The molecule has 24 heavy (non-hydrogen) atoms. The highest BCUT2D eigenvalue weighted by Crippen LogP contribution is 2.29. The highest BCUT2D eigenvalue weighted by Gasteiger charge is 2.15. The number of carbonyl (C=O) groups is 1. The Morgan fingerprint density at radius 1 is 1.17 bits per heavy atom. The van der Waals surface area contributed by atoms with Crippen LogP contribution in [0.2, 0.25) is 0 Å². The zero-order valence-corrected chi connectivity index (χ0v) is 13.3. The van der Waals surface area contributed by atoms with Gasteiger partial charge in [-0.3, -0.25) is 9.20 Å². The number of primary amides is 1. The first-order valence-corrected chi connectivity index (χ1v) is 7.45. The molecule has 2 heterocycles. The highest BCUT2D eigenvalue weighted by atomic mass is 19.1. The smallest absolute Gasteiger partial charge is 0.248 e. The zero-order valence-electron chi connectivity index (χ0n) is 13.3. The van der Waals surface area contributed by atoms with Gasteiger partial charge in [0, 0.05) is 11.8 Å². The number of rotatable bonds is 4. The third-order valence-electron chi connectivity index (χ3n) is 3.54. The highest BCUT2D eigenvalue weighted by molar-refractivity contribution is 5.92. The van der Waals surface area contributed by atoms with E-state index in [4.69, 9.17) is 5.73 Å². The van der Waals surface area contributed by atoms with E-state index in [1.807, 2.05) is 13.8 Å². The van der Waals surface area contributed by atoms with E-state index in [9.17, 15) is 9.18 Å². The van der Waals surface area contributed by atoms with Crippen molar-refractivity contribution in [3.63, 3.8) is 0 Å². The first-order chi connectivity index (χ1) is 11.5. The quantitative estimate of drug-likeness (QED) is 0.732. The molecule has 0 radical (unpaired) electrons. The number of fused-ring (bicyclic) bond motifs is 1. The third kappa shape index (κ3) is 3.01. The van der Waals surface area contributed by atoms with Gasteiger partial charge in [-0.25, -0.2) is 9.37 Å². The maximum atomic E-state index is 13.5. The second-order valence-corrected chi connectivity index (χ2v) is 5.66. The largest absolute Gasteiger partial charge is 0.366 e. The molecule has 2 N–H and O–H groups in total. The van der Waals surface area contributed by atoms with Crippen molar-refractivity contribution in [1.82, 2.24) is 9.38 Å². The second-order valence-electron chi connectivity index (χ2n) is 5.66. The molecule has 6 nitrogen and oxygen atoms in total. The summed E-state index contributed by atoms with van der Waals surface area (Å²) in [6.07, 6.45) is 1.33. The molecule has 1 aromatic carbocycles. The molecule has 0 fully saturated rings. The van der Waals surface area contributed by atoms with Gasteiger partial charge in [0.05, 0.1) is 11.4 Å². The molecular weight excluding hydrogens is 309 g/mol. The van der Waals surface area contributed by atoms with E-state index in [0.717, 1.165) is 5.69 Å². The van der Waals surface area contributed by atoms with E-state index >= 15 is 0 Å². The lowest BCUT2D eigenvalue weighted by atomic mass is 10.1. The van der Waals surface area contributed by atoms with Gasteiger partial charge < -0.3 is 5.73 Å². The Hall–Kier alpha value is -3.09. The lowest BCUT2D eigenvalue weighted by molar-refractivity contribution is 0.100. The molecule has 0 aliphatic heterocycles. The molecule has 2 aromatic heterocycles. The first-order valence-electron chi connectivity index (χ1n) is 7.45. The minimum absolute atomic E-state index is 0.110. The van der Waals surface area contributed by atoms with Crippen LogP contribution in [-0.2, 0) is 0 Å². The summed E-state index contributed by atoms with van der Waals surface area (Å²) in [5.74, 6) is -0.284. The van der Waals surface area contributed by atoms with Crippen molar-refractivity contribution in [1.29, 1.82) is 0 Å². The number of imidazole rings is 1. The van der Waals surface area contributed by atoms with E-state index in [1.165, 1.54) is 12.3 Å². The van der Waals surface area contributed by atoms with Crippen LogP contribution in [-0.4, -0.2) is 15.3 Å². The van der Waals surface area contributed by atoms with Gasteiger partial charge in [-0.15, -0.1) is 10.2 Å². The van der Waals surface area contributed by atoms with Crippen LogP contribution < -0.4 is 5.73 Å². The van der Waals surface area contributed by atoms with Crippen molar-refractivity contribution >= 4 is 23.1 Å². The Morgan fingerprint density at radius 2 is 1.88 bits per heavy atom. The van der Waals surface area contributed by atoms with E-state index in [0.29, 0.717) is 22.7 Å². The molecule has 0 saturated carbocycles. The monoisotopic (exact) mass is 325 g/mol. The summed E-state index contributed by atoms with van der Waals surface area (Å²) in [6, 6.07) is 9.39. The Morgan fingerprint density at radius 3 is 2.50 bits per heavy atom. The van der Waals surface area contributed by atoms with Gasteiger partial charge in [0.15, 0.2) is 5.82 Å². The minimum Gasteiger partial charge on any atom is -0.366 e. The molecular formula is C17H16FN5O. The Labute approximate surface area is 137 Å². The van der Waals surface area contributed by atoms with Crippen LogP contribution in [0.15, 0.2) is 52.8 Å². The summed E-state index contributed by atoms with van der Waals surface area (Å²) in [4.78, 5) is 15.6. The van der Waals surface area contributed by atoms with Crippen molar-refractivity contribution < 1.29 is 9.18 Å². The van der Waals surface area contributed by atoms with Crippen molar-refractivity contribution in [3.05, 3.63) is 59.7 Å². The molecule has 0 spiro atoms. The van der Waals surface area contributed by atoms with Gasteiger partial charge in [-0.1, -0.05) is 13.8 Å². The molecule has 0 bridgehead atoms. The minimum atomic E-state index is -0.502. The molecule has 0 aliphatic carbocycles. The van der Waals surface area contributed by atoms with Gasteiger partial charge >= 0.3 is 0 Å². The van der Waals surface area contributed by atoms with Crippen molar-refractivity contribution in [3.8, 4) is 0 Å². The maximum Gasteiger partial charge on any atom is 0.248 e. The second kappa shape index (κ2) is 6.19. The summed E-state index contributed by atoms with van der Waals surface area (Å²) in [5.41, 5.74) is 7.50. The van der Waals surface area contributed by atoms with Crippen LogP contribution in [0.5, 0.6) is 0 Å². The number of carbonyl (C=O) groups excluding carboxylic acids is 1. The molecule has 3 aromatic rings. The van der Waals surface area contributed by atoms with Gasteiger partial charge in [0.1, 0.15) is 11.5 Å². The predicted octanol–water partition coefficient (Wildman–Crippen LogP) is 4.11. The fourth-order valence-electron chi connectivity index (χ4n) is 2.31. The van der Waals surface area contributed by atoms with Crippen LogP contribution in [0, 0.1) is 5.82 Å². The van der Waals surface area contributed by atoms with Crippen LogP contribution in [0.4, 0.5) is 15.9 Å². The van der Waals surface area contributed by atoms with Gasteiger partial charge in [-0.2, -0.15) is 0 Å². The summed E-state index contributed by atoms with van der Waals surface area (Å²) in [6.45, 7) is 3.97. The average Bonchev–Trinajstić information content (AvgIpc) is 2.91. The predicted molar refractivity (Wildman–Crippen MR) is 88.4 cm³/mol. The summed E-state index contributed by atoms with van der Waals surface area (Å²) in [5, 5.41) is 8.41. The Bertz CT molecular complexity index is 928. The average molecular weight is 325 g/mol. The van der Waals surface area contributed by atoms with Crippen LogP contribution >= 0.6 is 0 Å². The van der Waals surface area contributed by atoms with Crippen LogP contribution in [0.3, 0.4) is 0 Å². The summed E-state index contributed by atoms with van der Waals surface area (Å²) < 4.78 is 15.1. The first kappa shape index (κ1) is 15.8. The molecule has 7 heteroatoms. The van der Waals surface area contributed by atoms with E-state index in [-0.39, 0.29) is 11.7 Å². The maximum absolute atomic E-state index is 13.5. The fraction of sp³-hybridized carbons (Fsp3) is 0.176. The van der Waals surface area contributed by atoms with E-state index in [2.05, 4.69) is 15.2 Å². The molecule has 0 atom stereocenters. The normalized spacial score (nSPS) is 11.7. The number of halogens is 1. The van der Waals surface area contributed by atoms with Gasteiger partial charge in [-0.05, 0) is 42.3 Å². The number of hydrogen-bond acceptors (Lipinski definition) is 4. The van der Waals surface area contributed by atoms with E-state index in [1.54, 1.807) is 34.7 Å². The van der Waals surface area contributed by atoms with Crippen LogP contribution in [0.1, 0.15) is 35.8 Å². The zero-order chi connectivity index (χ0) is 17.3. The molecule has 3 rings (SSSR count). The standard InChI is InChI=1S/C17H16FN5O/c1-10(2)15-17(23-9-12(18)5-8-14(23)20-15)22-21-13-6-3-11(4-7-13)16(19)24/h3-10H,1-2H3,(H2,19,24). The Kier molecular flexibility index (Phi) is 4.07. The molecule has 0 aliphatic rings. The number of benzene rings is 1. The SMILES string of the molecule is CC(C)c1nc2ccc(F)cn2c1N=Nc1ccc(C(N)=O)cc1. The molecule has 1 amide bonds. The van der Waals surface area contributed by atoms with Crippen molar-refractivity contribution in [2.75, 3.05) is 0 Å². The van der Waals surface area contributed by atoms with Crippen molar-refractivity contribution in [2.45, 2.75) is 19.8 Å². The number of pyridine rings is 1. The summed E-state index contributed by atoms with van der Waals surface area (Å²) in [7, 11) is 0. The van der Waals surface area contributed by atoms with Gasteiger partial charge in [0.2, 0.25) is 5.91 Å². The van der Waals surface area contributed by atoms with Crippen LogP contribution in [0.25, 0.3) is 5.65 Å². The number of nitrogens with zero attached hydrogens (tertiary/aromatic N) is 4. The van der Waals surface area contributed by atoms with E-state index < -0.39 is 5.91 Å². The number of azo groups is 1. The topological polar surface area (TPSA) is 85.1 Å². The third-order valence-corrected chi connectivity index (χ3v) is 3.54. The summed E-state index contributed by atoms with van der Waals surface area (Å²) >= 11 is 0. The number of amides is 1. The lowest BCUT2D eigenvalue weighted by Crippen LogP contribution is -2.10. The molecule has 0 unspecified atom stereocenters.